The van der Waals surface area contributed by atoms with Crippen molar-refractivity contribution in [3.63, 3.8) is 0 Å². The molecule has 108 valence electrons. The summed E-state index contributed by atoms with van der Waals surface area (Å²) in [5.74, 6) is 0.628. The summed E-state index contributed by atoms with van der Waals surface area (Å²) in [6.07, 6.45) is 4.62. The maximum absolute atomic E-state index is 6.53. The van der Waals surface area contributed by atoms with E-state index >= 15 is 0 Å². The number of unbranched alkanes of at least 4 members (excludes halogenated alkanes) is 1. The Labute approximate surface area is 123 Å². The number of halogens is 1. The van der Waals surface area contributed by atoms with Crippen LogP contribution in [0, 0.1) is 5.92 Å². The molecule has 0 aliphatic carbocycles. The molecule has 2 heteroatoms. The van der Waals surface area contributed by atoms with Gasteiger partial charge in [0.15, 0.2) is 0 Å². The summed E-state index contributed by atoms with van der Waals surface area (Å²) in [5.41, 5.74) is 7.90. The summed E-state index contributed by atoms with van der Waals surface area (Å²) >= 11 is 6.00. The molecule has 0 heterocycles. The zero-order valence-corrected chi connectivity index (χ0v) is 13.5. The van der Waals surface area contributed by atoms with Gasteiger partial charge in [-0.2, -0.15) is 0 Å². The smallest absolute Gasteiger partial charge is 0.0406 e. The van der Waals surface area contributed by atoms with Crippen molar-refractivity contribution in [2.45, 2.75) is 64.8 Å². The van der Waals surface area contributed by atoms with E-state index in [1.54, 1.807) is 0 Å². The Kier molecular flexibility index (Phi) is 6.35. The number of hydrogen-bond acceptors (Lipinski definition) is 1. The van der Waals surface area contributed by atoms with Crippen molar-refractivity contribution in [2.24, 2.45) is 11.7 Å². The van der Waals surface area contributed by atoms with Crippen LogP contribution in [0.5, 0.6) is 0 Å². The van der Waals surface area contributed by atoms with E-state index < -0.39 is 0 Å². The van der Waals surface area contributed by atoms with E-state index in [1.807, 2.05) is 12.1 Å². The van der Waals surface area contributed by atoms with E-state index in [0.717, 1.165) is 17.9 Å². The average molecular weight is 282 g/mol. The lowest BCUT2D eigenvalue weighted by Gasteiger charge is -2.37. The molecule has 0 aliphatic heterocycles. The van der Waals surface area contributed by atoms with Crippen molar-refractivity contribution in [3.8, 4) is 0 Å². The van der Waals surface area contributed by atoms with Crippen LogP contribution >= 0.6 is 11.6 Å². The second kappa shape index (κ2) is 7.31. The molecule has 1 rings (SSSR count). The highest BCUT2D eigenvalue weighted by molar-refractivity contribution is 6.30. The first kappa shape index (κ1) is 16.5. The van der Waals surface area contributed by atoms with E-state index in [-0.39, 0.29) is 11.5 Å². The van der Waals surface area contributed by atoms with Crippen LogP contribution in [0.15, 0.2) is 24.3 Å². The minimum absolute atomic E-state index is 0.0465. The molecule has 1 aromatic rings. The molecular weight excluding hydrogens is 254 g/mol. The van der Waals surface area contributed by atoms with E-state index in [2.05, 4.69) is 39.8 Å². The molecule has 19 heavy (non-hydrogen) atoms. The Morgan fingerprint density at radius 3 is 2.26 bits per heavy atom. The van der Waals surface area contributed by atoms with Gasteiger partial charge in [0.05, 0.1) is 0 Å². The van der Waals surface area contributed by atoms with Crippen molar-refractivity contribution >= 4 is 11.6 Å². The summed E-state index contributed by atoms with van der Waals surface area (Å²) in [6, 6.07) is 8.42. The maximum atomic E-state index is 6.53. The fourth-order valence-electron chi connectivity index (χ4n) is 2.69. The Bertz CT molecular complexity index is 371. The van der Waals surface area contributed by atoms with Gasteiger partial charge in [-0.25, -0.2) is 0 Å². The van der Waals surface area contributed by atoms with Gasteiger partial charge in [-0.05, 0) is 36.5 Å². The minimum Gasteiger partial charge on any atom is -0.327 e. The number of nitrogens with two attached hydrogens (primary N) is 1. The molecular formula is C17H28ClN. The molecule has 2 atom stereocenters. The lowest BCUT2D eigenvalue weighted by atomic mass is 9.70. The lowest BCUT2D eigenvalue weighted by molar-refractivity contribution is 0.300. The molecule has 2 N–H and O–H groups in total. The van der Waals surface area contributed by atoms with Crippen molar-refractivity contribution in [1.29, 1.82) is 0 Å². The monoisotopic (exact) mass is 281 g/mol. The summed E-state index contributed by atoms with van der Waals surface area (Å²) in [6.45, 7) is 9.01. The highest BCUT2D eigenvalue weighted by atomic mass is 35.5. The van der Waals surface area contributed by atoms with E-state index in [1.165, 1.54) is 18.4 Å². The molecule has 2 unspecified atom stereocenters. The fourth-order valence-corrected chi connectivity index (χ4v) is 2.81. The van der Waals surface area contributed by atoms with Gasteiger partial charge in [0, 0.05) is 16.5 Å². The third kappa shape index (κ3) is 4.50. The first-order valence-corrected chi connectivity index (χ1v) is 7.79. The second-order valence-electron chi connectivity index (χ2n) is 6.26. The molecule has 1 aromatic carbocycles. The standard InChI is InChI=1S/C17H28ClN/c1-5-6-11-17(4,16(19)12-13(2)3)14-7-9-15(18)10-8-14/h7-10,13,16H,5-6,11-12,19H2,1-4H3. The van der Waals surface area contributed by atoms with E-state index in [4.69, 9.17) is 17.3 Å². The number of rotatable bonds is 7. The first-order chi connectivity index (χ1) is 8.90. The topological polar surface area (TPSA) is 26.0 Å². The van der Waals surface area contributed by atoms with Crippen LogP contribution in [0.3, 0.4) is 0 Å². The van der Waals surface area contributed by atoms with Crippen LogP contribution < -0.4 is 5.73 Å². The molecule has 0 radical (unpaired) electrons. The highest BCUT2D eigenvalue weighted by Gasteiger charge is 2.33. The van der Waals surface area contributed by atoms with Gasteiger partial charge in [0.2, 0.25) is 0 Å². The van der Waals surface area contributed by atoms with E-state index in [0.29, 0.717) is 5.92 Å². The predicted octanol–water partition coefficient (Wildman–Crippen LogP) is 5.16. The van der Waals surface area contributed by atoms with Crippen LogP contribution in [0.25, 0.3) is 0 Å². The van der Waals surface area contributed by atoms with Gasteiger partial charge in [-0.3, -0.25) is 0 Å². The zero-order valence-electron chi connectivity index (χ0n) is 12.7. The van der Waals surface area contributed by atoms with Gasteiger partial charge < -0.3 is 5.73 Å². The molecule has 0 fully saturated rings. The number of benzene rings is 1. The highest BCUT2D eigenvalue weighted by Crippen LogP contribution is 2.35. The van der Waals surface area contributed by atoms with Gasteiger partial charge >= 0.3 is 0 Å². The molecule has 0 bridgehead atoms. The quantitative estimate of drug-likeness (QED) is 0.734. The van der Waals surface area contributed by atoms with Crippen LogP contribution in [-0.4, -0.2) is 6.04 Å². The minimum atomic E-state index is 0.0465. The molecule has 0 aromatic heterocycles. The summed E-state index contributed by atoms with van der Waals surface area (Å²) in [7, 11) is 0. The fraction of sp³-hybridized carbons (Fsp3) is 0.647. The Hall–Kier alpha value is -0.530. The molecule has 0 spiro atoms. The Morgan fingerprint density at radius 2 is 1.79 bits per heavy atom. The van der Waals surface area contributed by atoms with Gasteiger partial charge in [0.25, 0.3) is 0 Å². The lowest BCUT2D eigenvalue weighted by Crippen LogP contribution is -2.44. The Balaban J connectivity index is 3.00. The first-order valence-electron chi connectivity index (χ1n) is 7.41. The third-order valence-electron chi connectivity index (χ3n) is 4.10. The summed E-state index contributed by atoms with van der Waals surface area (Å²) in [4.78, 5) is 0. The van der Waals surface area contributed by atoms with Crippen LogP contribution in [-0.2, 0) is 5.41 Å². The summed E-state index contributed by atoms with van der Waals surface area (Å²) < 4.78 is 0. The molecule has 0 aliphatic rings. The van der Waals surface area contributed by atoms with Crippen molar-refractivity contribution in [2.75, 3.05) is 0 Å². The van der Waals surface area contributed by atoms with Crippen LogP contribution in [0.4, 0.5) is 0 Å². The molecule has 0 amide bonds. The van der Waals surface area contributed by atoms with Crippen molar-refractivity contribution < 1.29 is 0 Å². The van der Waals surface area contributed by atoms with Gasteiger partial charge in [0.1, 0.15) is 0 Å². The third-order valence-corrected chi connectivity index (χ3v) is 4.35. The average Bonchev–Trinajstić information content (AvgIpc) is 2.35. The van der Waals surface area contributed by atoms with Crippen molar-refractivity contribution in [3.05, 3.63) is 34.9 Å². The largest absolute Gasteiger partial charge is 0.327 e. The predicted molar refractivity (Wildman–Crippen MR) is 85.8 cm³/mol. The second-order valence-corrected chi connectivity index (χ2v) is 6.70. The van der Waals surface area contributed by atoms with Crippen LogP contribution in [0.1, 0.15) is 58.9 Å². The molecule has 1 nitrogen and oxygen atoms in total. The van der Waals surface area contributed by atoms with Gasteiger partial charge in [-0.15, -0.1) is 0 Å². The molecule has 0 saturated heterocycles. The SMILES string of the molecule is CCCCC(C)(c1ccc(Cl)cc1)C(N)CC(C)C. The number of hydrogen-bond donors (Lipinski definition) is 1. The summed E-state index contributed by atoms with van der Waals surface area (Å²) in [5, 5.41) is 0.791. The Morgan fingerprint density at radius 1 is 1.21 bits per heavy atom. The van der Waals surface area contributed by atoms with Crippen LogP contribution in [0.2, 0.25) is 5.02 Å². The van der Waals surface area contributed by atoms with Crippen molar-refractivity contribution in [1.82, 2.24) is 0 Å². The van der Waals surface area contributed by atoms with Gasteiger partial charge in [-0.1, -0.05) is 64.3 Å². The zero-order chi connectivity index (χ0) is 14.5. The maximum Gasteiger partial charge on any atom is 0.0406 e. The molecule has 0 saturated carbocycles. The van der Waals surface area contributed by atoms with E-state index in [9.17, 15) is 0 Å². The normalized spacial score (nSPS) is 16.4.